The molecule has 2 N–H and O–H groups in total. The Morgan fingerprint density at radius 3 is 3.00 bits per heavy atom. The normalized spacial score (nSPS) is 10.5. The summed E-state index contributed by atoms with van der Waals surface area (Å²) in [7, 11) is 0. The maximum absolute atomic E-state index is 11.0. The van der Waals surface area contributed by atoms with Crippen LogP contribution >= 0.6 is 22.9 Å². The van der Waals surface area contributed by atoms with Gasteiger partial charge in [0, 0.05) is 18.0 Å². The number of anilines is 2. The minimum absolute atomic E-state index is 0.130. The number of nitrogens with one attached hydrogen (secondary N) is 2. The van der Waals surface area contributed by atoms with Crippen LogP contribution in [0.5, 0.6) is 0 Å². The molecule has 0 bridgehead atoms. The van der Waals surface area contributed by atoms with Crippen molar-refractivity contribution in [2.24, 2.45) is 0 Å². The molecular formula is C14H13ClN6OS. The molecular weight excluding hydrogens is 336 g/mol. The molecule has 0 aliphatic heterocycles. The van der Waals surface area contributed by atoms with Crippen LogP contribution in [0.15, 0.2) is 36.2 Å². The number of amides is 1. The molecule has 23 heavy (non-hydrogen) atoms. The molecule has 0 aliphatic rings. The van der Waals surface area contributed by atoms with Crippen molar-refractivity contribution < 1.29 is 4.79 Å². The van der Waals surface area contributed by atoms with Gasteiger partial charge >= 0.3 is 0 Å². The highest BCUT2D eigenvalue weighted by Gasteiger charge is 2.06. The molecule has 0 unspecified atom stereocenters. The topological polar surface area (TPSA) is 84.7 Å². The molecule has 0 radical (unpaired) electrons. The van der Waals surface area contributed by atoms with Gasteiger partial charge in [-0.25, -0.2) is 14.6 Å². The number of aromatic nitrogens is 4. The van der Waals surface area contributed by atoms with Crippen molar-refractivity contribution in [3.63, 3.8) is 0 Å². The van der Waals surface area contributed by atoms with Crippen molar-refractivity contribution in [2.45, 2.75) is 13.5 Å². The lowest BCUT2D eigenvalue weighted by Gasteiger charge is -2.08. The predicted octanol–water partition coefficient (Wildman–Crippen LogP) is 2.95. The second-order valence-corrected chi connectivity index (χ2v) is 5.95. The minimum Gasteiger partial charge on any atom is -0.379 e. The van der Waals surface area contributed by atoms with Gasteiger partial charge in [-0.05, 0) is 18.2 Å². The number of carbonyl (C=O) groups is 1. The molecule has 0 saturated carbocycles. The lowest BCUT2D eigenvalue weighted by Crippen LogP contribution is -2.06. The van der Waals surface area contributed by atoms with Crippen molar-refractivity contribution in [3.8, 4) is 5.69 Å². The minimum atomic E-state index is -0.130. The molecule has 2 aromatic heterocycles. The summed E-state index contributed by atoms with van der Waals surface area (Å²) in [4.78, 5) is 19.2. The van der Waals surface area contributed by atoms with Gasteiger partial charge in [-0.15, -0.1) is 11.3 Å². The molecule has 3 rings (SSSR count). The van der Waals surface area contributed by atoms with Gasteiger partial charge in [-0.3, -0.25) is 4.79 Å². The standard InChI is InChI=1S/C14H13ClN6OS/c1-9(22)19-14-20-11(6-23-14)5-17-10-2-3-13(12(15)4-10)21-8-16-7-18-21/h2-4,6-8,17H,5H2,1H3,(H,19,20,22). The van der Waals surface area contributed by atoms with Gasteiger partial charge in [0.05, 0.1) is 22.9 Å². The van der Waals surface area contributed by atoms with Crippen LogP contribution in [0, 0.1) is 0 Å². The third-order valence-electron chi connectivity index (χ3n) is 2.92. The zero-order valence-corrected chi connectivity index (χ0v) is 13.7. The van der Waals surface area contributed by atoms with Crippen molar-refractivity contribution in [2.75, 3.05) is 10.6 Å². The molecule has 0 saturated heterocycles. The third-order valence-corrected chi connectivity index (χ3v) is 4.03. The molecule has 118 valence electrons. The van der Waals surface area contributed by atoms with E-state index in [4.69, 9.17) is 11.6 Å². The van der Waals surface area contributed by atoms with Crippen LogP contribution in [-0.4, -0.2) is 25.7 Å². The highest BCUT2D eigenvalue weighted by atomic mass is 35.5. The summed E-state index contributed by atoms with van der Waals surface area (Å²) < 4.78 is 1.60. The van der Waals surface area contributed by atoms with Crippen molar-refractivity contribution >= 4 is 39.7 Å². The van der Waals surface area contributed by atoms with Gasteiger partial charge in [0.15, 0.2) is 5.13 Å². The maximum atomic E-state index is 11.0. The monoisotopic (exact) mass is 348 g/mol. The van der Waals surface area contributed by atoms with E-state index in [9.17, 15) is 4.79 Å². The molecule has 0 spiro atoms. The first-order valence-corrected chi connectivity index (χ1v) is 7.98. The Hall–Kier alpha value is -2.45. The Labute approximate surface area is 141 Å². The second kappa shape index (κ2) is 6.76. The number of benzene rings is 1. The maximum Gasteiger partial charge on any atom is 0.223 e. The van der Waals surface area contributed by atoms with Crippen LogP contribution in [0.1, 0.15) is 12.6 Å². The van der Waals surface area contributed by atoms with Gasteiger partial charge in [-0.1, -0.05) is 11.6 Å². The van der Waals surface area contributed by atoms with Crippen molar-refractivity contribution in [1.82, 2.24) is 19.7 Å². The number of hydrogen-bond acceptors (Lipinski definition) is 6. The van der Waals surface area contributed by atoms with Crippen molar-refractivity contribution in [1.29, 1.82) is 0 Å². The average molecular weight is 349 g/mol. The molecule has 1 aromatic carbocycles. The van der Waals surface area contributed by atoms with E-state index in [1.165, 1.54) is 24.6 Å². The lowest BCUT2D eigenvalue weighted by atomic mass is 10.2. The molecule has 3 aromatic rings. The fourth-order valence-electron chi connectivity index (χ4n) is 1.92. The fourth-order valence-corrected chi connectivity index (χ4v) is 2.95. The highest BCUT2D eigenvalue weighted by Crippen LogP contribution is 2.24. The van der Waals surface area contributed by atoms with E-state index in [0.717, 1.165) is 17.1 Å². The summed E-state index contributed by atoms with van der Waals surface area (Å²) in [5.74, 6) is -0.130. The van der Waals surface area contributed by atoms with E-state index in [0.29, 0.717) is 16.7 Å². The SMILES string of the molecule is CC(=O)Nc1nc(CNc2ccc(-n3cncn3)c(Cl)c2)cs1. The van der Waals surface area contributed by atoms with E-state index in [2.05, 4.69) is 25.7 Å². The van der Waals surface area contributed by atoms with Gasteiger partial charge < -0.3 is 10.6 Å². The molecule has 0 fully saturated rings. The van der Waals surface area contributed by atoms with Crippen LogP contribution in [-0.2, 0) is 11.3 Å². The highest BCUT2D eigenvalue weighted by molar-refractivity contribution is 7.13. The van der Waals surface area contributed by atoms with Crippen LogP contribution < -0.4 is 10.6 Å². The van der Waals surface area contributed by atoms with Crippen molar-refractivity contribution in [3.05, 3.63) is 47.0 Å². The van der Waals surface area contributed by atoms with Gasteiger partial charge in [0.2, 0.25) is 5.91 Å². The predicted molar refractivity (Wildman–Crippen MR) is 90.1 cm³/mol. The zero-order chi connectivity index (χ0) is 16.2. The smallest absolute Gasteiger partial charge is 0.223 e. The van der Waals surface area contributed by atoms with Crippen LogP contribution in [0.3, 0.4) is 0 Å². The first kappa shape index (κ1) is 15.4. The zero-order valence-electron chi connectivity index (χ0n) is 12.2. The molecule has 1 amide bonds. The second-order valence-electron chi connectivity index (χ2n) is 4.68. The van der Waals surface area contributed by atoms with Gasteiger partial charge in [0.1, 0.15) is 12.7 Å². The first-order valence-electron chi connectivity index (χ1n) is 6.72. The first-order chi connectivity index (χ1) is 11.1. The summed E-state index contributed by atoms with van der Waals surface area (Å²) in [5, 5.41) is 13.0. The van der Waals surface area contributed by atoms with E-state index in [1.807, 2.05) is 23.6 Å². The molecule has 2 heterocycles. The molecule has 0 aliphatic carbocycles. The number of carbonyl (C=O) groups excluding carboxylic acids is 1. The van der Waals surface area contributed by atoms with E-state index < -0.39 is 0 Å². The fraction of sp³-hybridized carbons (Fsp3) is 0.143. The Morgan fingerprint density at radius 2 is 2.30 bits per heavy atom. The molecule has 0 atom stereocenters. The Kier molecular flexibility index (Phi) is 4.54. The van der Waals surface area contributed by atoms with Crippen LogP contribution in [0.2, 0.25) is 5.02 Å². The van der Waals surface area contributed by atoms with E-state index in [-0.39, 0.29) is 5.91 Å². The van der Waals surface area contributed by atoms with E-state index in [1.54, 1.807) is 11.0 Å². The van der Waals surface area contributed by atoms with Gasteiger partial charge in [-0.2, -0.15) is 5.10 Å². The summed E-state index contributed by atoms with van der Waals surface area (Å²) in [6.45, 7) is 1.99. The molecule has 7 nitrogen and oxygen atoms in total. The Bertz CT molecular complexity index is 817. The Balaban J connectivity index is 1.65. The summed E-state index contributed by atoms with van der Waals surface area (Å²) in [6, 6.07) is 5.59. The largest absolute Gasteiger partial charge is 0.379 e. The van der Waals surface area contributed by atoms with E-state index >= 15 is 0 Å². The number of hydrogen-bond donors (Lipinski definition) is 2. The Morgan fingerprint density at radius 1 is 1.43 bits per heavy atom. The number of nitrogens with zero attached hydrogens (tertiary/aromatic N) is 4. The summed E-state index contributed by atoms with van der Waals surface area (Å²) in [5.41, 5.74) is 2.47. The number of rotatable bonds is 5. The van der Waals surface area contributed by atoms with Crippen LogP contribution in [0.4, 0.5) is 10.8 Å². The number of halogens is 1. The van der Waals surface area contributed by atoms with Crippen LogP contribution in [0.25, 0.3) is 5.69 Å². The summed E-state index contributed by atoms with van der Waals surface area (Å²) >= 11 is 7.66. The average Bonchev–Trinajstić information content (AvgIpc) is 3.16. The quantitative estimate of drug-likeness (QED) is 0.740. The van der Waals surface area contributed by atoms with Gasteiger partial charge in [0.25, 0.3) is 0 Å². The third kappa shape index (κ3) is 3.85. The number of thiazole rings is 1. The molecule has 9 heteroatoms. The lowest BCUT2D eigenvalue weighted by molar-refractivity contribution is -0.114. The summed E-state index contributed by atoms with van der Waals surface area (Å²) in [6.07, 6.45) is 3.05.